The lowest BCUT2D eigenvalue weighted by molar-refractivity contribution is 0.477. The largest absolute Gasteiger partial charge is 0.507 e. The molecule has 0 amide bonds. The third-order valence-electron chi connectivity index (χ3n) is 9.69. The van der Waals surface area contributed by atoms with Gasteiger partial charge in [0.1, 0.15) is 11.4 Å². The summed E-state index contributed by atoms with van der Waals surface area (Å²) in [6, 6.07) is 33.4. The van der Waals surface area contributed by atoms with Crippen LogP contribution in [0, 0.1) is 0 Å². The monoisotopic (exact) mass is 658 g/mol. The van der Waals surface area contributed by atoms with Crippen molar-refractivity contribution in [3.63, 3.8) is 0 Å². The van der Waals surface area contributed by atoms with E-state index in [2.05, 4.69) is 128 Å². The molecular weight excluding hydrogens is 613 g/mol. The van der Waals surface area contributed by atoms with Crippen LogP contribution in [0.15, 0.2) is 109 Å². The first kappa shape index (κ1) is 33.2. The summed E-state index contributed by atoms with van der Waals surface area (Å²) in [6.45, 7) is 20.1. The lowest BCUT2D eigenvalue weighted by Crippen LogP contribution is -2.13. The molecule has 5 nitrogen and oxygen atoms in total. The van der Waals surface area contributed by atoms with E-state index in [1.807, 2.05) is 42.7 Å². The van der Waals surface area contributed by atoms with Gasteiger partial charge < -0.3 is 5.11 Å². The number of phenols is 1. The van der Waals surface area contributed by atoms with Crippen LogP contribution >= 0.6 is 0 Å². The van der Waals surface area contributed by atoms with E-state index in [4.69, 9.17) is 15.0 Å². The molecule has 0 saturated carbocycles. The van der Waals surface area contributed by atoms with Gasteiger partial charge in [-0.05, 0) is 93.1 Å². The van der Waals surface area contributed by atoms with Gasteiger partial charge in [-0.25, -0.2) is 4.98 Å². The molecule has 50 heavy (non-hydrogen) atoms. The highest BCUT2D eigenvalue weighted by Gasteiger charge is 2.23. The van der Waals surface area contributed by atoms with Crippen LogP contribution < -0.4 is 0 Å². The Bertz CT molecular complexity index is 2370. The zero-order chi connectivity index (χ0) is 35.6. The molecular formula is C45H46N4O. The second-order valence-corrected chi connectivity index (χ2v) is 16.5. The normalized spacial score (nSPS) is 12.6. The Balaban J connectivity index is 1.48. The second-order valence-electron chi connectivity index (χ2n) is 16.5. The average Bonchev–Trinajstić information content (AvgIpc) is 3.47. The van der Waals surface area contributed by atoms with Gasteiger partial charge >= 0.3 is 0 Å². The van der Waals surface area contributed by atoms with E-state index in [0.717, 1.165) is 61.4 Å². The van der Waals surface area contributed by atoms with Crippen molar-refractivity contribution in [2.45, 2.75) is 78.6 Å². The predicted octanol–water partition coefficient (Wildman–Crippen LogP) is 11.6. The van der Waals surface area contributed by atoms with Crippen molar-refractivity contribution in [2.75, 3.05) is 0 Å². The molecule has 7 rings (SSSR count). The Morgan fingerprint density at radius 1 is 0.560 bits per heavy atom. The maximum absolute atomic E-state index is 10.9. The summed E-state index contributed by atoms with van der Waals surface area (Å²) in [6.07, 6.45) is 3.89. The number of aromatic nitrogens is 4. The molecule has 0 atom stereocenters. The lowest BCUT2D eigenvalue weighted by Gasteiger charge is -2.23. The van der Waals surface area contributed by atoms with Crippen molar-refractivity contribution in [2.24, 2.45) is 0 Å². The Hall–Kier alpha value is -5.29. The fraction of sp³-hybridized carbons (Fsp3) is 0.267. The zero-order valence-corrected chi connectivity index (χ0v) is 30.6. The number of hydrogen-bond donors (Lipinski definition) is 1. The minimum atomic E-state index is -0.0524. The highest BCUT2D eigenvalue weighted by atomic mass is 16.3. The molecule has 3 heterocycles. The van der Waals surface area contributed by atoms with Crippen molar-refractivity contribution in [3.8, 4) is 45.2 Å². The fourth-order valence-corrected chi connectivity index (χ4v) is 6.60. The smallest absolute Gasteiger partial charge is 0.164 e. The number of aromatic hydroxyl groups is 1. The van der Waals surface area contributed by atoms with Crippen molar-refractivity contribution >= 4 is 21.9 Å². The van der Waals surface area contributed by atoms with Crippen LogP contribution in [0.25, 0.3) is 61.4 Å². The molecule has 0 fully saturated rings. The first-order chi connectivity index (χ1) is 23.6. The molecule has 0 aliphatic heterocycles. The number of nitrogens with zero attached hydrogens (tertiary/aromatic N) is 4. The number of para-hydroxylation sites is 2. The molecule has 0 radical (unpaired) electrons. The highest BCUT2D eigenvalue weighted by molar-refractivity contribution is 5.98. The van der Waals surface area contributed by atoms with Gasteiger partial charge in [-0.15, -0.1) is 0 Å². The van der Waals surface area contributed by atoms with Crippen molar-refractivity contribution < 1.29 is 5.11 Å². The molecule has 252 valence electrons. The van der Waals surface area contributed by atoms with Crippen LogP contribution in [-0.4, -0.2) is 24.6 Å². The standard InChI is InChI=1S/C45H46N4O/c1-43(2,3)30-17-19-33(20-18-30)49-38-15-12-14-35(34-13-10-11-16-39(34)50)41(38)48-42(49)37-25-28(21-22-46-37)36-26-31(44(4,5)6)23-29-24-32(45(7,8)9)27-47-40(29)36/h10-27,50H,1-9H3. The number of fused-ring (bicyclic) bond motifs is 2. The topological polar surface area (TPSA) is 63.8 Å². The summed E-state index contributed by atoms with van der Waals surface area (Å²) in [7, 11) is 0. The molecule has 1 N–H and O–H groups in total. The molecule has 0 aliphatic carbocycles. The van der Waals surface area contributed by atoms with Gasteiger partial charge in [-0.2, -0.15) is 0 Å². The fourth-order valence-electron chi connectivity index (χ4n) is 6.60. The Kier molecular flexibility index (Phi) is 7.93. The van der Waals surface area contributed by atoms with Crippen LogP contribution in [0.3, 0.4) is 0 Å². The zero-order valence-electron chi connectivity index (χ0n) is 30.6. The number of imidazole rings is 1. The molecule has 0 bridgehead atoms. The van der Waals surface area contributed by atoms with Crippen molar-refractivity contribution in [1.82, 2.24) is 19.5 Å². The molecule has 7 aromatic rings. The number of hydrogen-bond acceptors (Lipinski definition) is 4. The number of rotatable bonds is 4. The summed E-state index contributed by atoms with van der Waals surface area (Å²) in [5, 5.41) is 12.0. The Labute approximate surface area is 295 Å². The summed E-state index contributed by atoms with van der Waals surface area (Å²) < 4.78 is 2.19. The molecule has 0 aliphatic rings. The number of pyridine rings is 2. The van der Waals surface area contributed by atoms with Crippen LogP contribution in [0.4, 0.5) is 0 Å². The van der Waals surface area contributed by atoms with Gasteiger partial charge in [-0.3, -0.25) is 14.5 Å². The first-order valence-electron chi connectivity index (χ1n) is 17.4. The van der Waals surface area contributed by atoms with E-state index in [1.165, 1.54) is 16.7 Å². The van der Waals surface area contributed by atoms with Crippen molar-refractivity contribution in [1.29, 1.82) is 0 Å². The van der Waals surface area contributed by atoms with E-state index in [0.29, 0.717) is 0 Å². The second kappa shape index (κ2) is 11.9. The summed E-state index contributed by atoms with van der Waals surface area (Å²) in [5.74, 6) is 0.950. The number of phenolic OH excluding ortho intramolecular Hbond substituents is 1. The summed E-state index contributed by atoms with van der Waals surface area (Å²) >= 11 is 0. The first-order valence-corrected chi connectivity index (χ1v) is 17.4. The molecule has 3 aromatic heterocycles. The van der Waals surface area contributed by atoms with E-state index < -0.39 is 0 Å². The van der Waals surface area contributed by atoms with E-state index >= 15 is 0 Å². The van der Waals surface area contributed by atoms with E-state index in [9.17, 15) is 5.11 Å². The van der Waals surface area contributed by atoms with Crippen LogP contribution in [0.5, 0.6) is 5.75 Å². The summed E-state index contributed by atoms with van der Waals surface area (Å²) in [5.41, 5.74) is 11.9. The molecule has 5 heteroatoms. The van der Waals surface area contributed by atoms with Crippen LogP contribution in [0.1, 0.15) is 79.0 Å². The van der Waals surface area contributed by atoms with E-state index in [1.54, 1.807) is 6.07 Å². The van der Waals surface area contributed by atoms with E-state index in [-0.39, 0.29) is 22.0 Å². The van der Waals surface area contributed by atoms with Gasteiger partial charge in [0.05, 0.1) is 16.6 Å². The predicted molar refractivity (Wildman–Crippen MR) is 208 cm³/mol. The van der Waals surface area contributed by atoms with Gasteiger partial charge in [0.2, 0.25) is 0 Å². The van der Waals surface area contributed by atoms with Crippen LogP contribution in [-0.2, 0) is 16.2 Å². The van der Waals surface area contributed by atoms with Crippen molar-refractivity contribution in [3.05, 3.63) is 126 Å². The molecule has 0 saturated heterocycles. The van der Waals surface area contributed by atoms with Crippen LogP contribution in [0.2, 0.25) is 0 Å². The quantitative estimate of drug-likeness (QED) is 0.204. The third kappa shape index (κ3) is 6.06. The third-order valence-corrected chi connectivity index (χ3v) is 9.69. The average molecular weight is 659 g/mol. The van der Waals surface area contributed by atoms with Gasteiger partial charge in [-0.1, -0.05) is 105 Å². The summed E-state index contributed by atoms with van der Waals surface area (Å²) in [4.78, 5) is 15.3. The molecule has 0 unspecified atom stereocenters. The Morgan fingerprint density at radius 2 is 1.22 bits per heavy atom. The SMILES string of the molecule is CC(C)(C)c1ccc(-n2c(-c3cc(-c4cc(C(C)(C)C)cc5cc(C(C)(C)C)cnc45)ccn3)nc3c(-c4ccccc4O)cccc32)cc1. The maximum Gasteiger partial charge on any atom is 0.164 e. The minimum absolute atomic E-state index is 0.0114. The Morgan fingerprint density at radius 3 is 1.90 bits per heavy atom. The van der Waals surface area contributed by atoms with Gasteiger partial charge in [0.25, 0.3) is 0 Å². The highest BCUT2D eigenvalue weighted by Crippen LogP contribution is 2.40. The minimum Gasteiger partial charge on any atom is -0.507 e. The van der Waals surface area contributed by atoms with Gasteiger partial charge in [0, 0.05) is 40.2 Å². The lowest BCUT2D eigenvalue weighted by atomic mass is 9.82. The molecule has 0 spiro atoms. The number of benzene rings is 4. The molecule has 4 aromatic carbocycles. The van der Waals surface area contributed by atoms with Gasteiger partial charge in [0.15, 0.2) is 5.82 Å². The maximum atomic E-state index is 10.9.